The second-order valence-corrected chi connectivity index (χ2v) is 9.28. The smallest absolute Gasteiger partial charge is 0.409 e. The molecular weight excluding hydrogens is 606 g/mol. The molecule has 3 rings (SSSR count). The van der Waals surface area contributed by atoms with Gasteiger partial charge in [0.25, 0.3) is 0 Å². The number of ether oxygens (including phenoxy) is 2. The lowest BCUT2D eigenvalue weighted by Gasteiger charge is -2.36. The lowest BCUT2D eigenvalue weighted by molar-refractivity contribution is -0.502. The van der Waals surface area contributed by atoms with Crippen LogP contribution in [0, 0.1) is 0 Å². The summed E-state index contributed by atoms with van der Waals surface area (Å²) in [7, 11) is 0. The third-order valence-corrected chi connectivity index (χ3v) is 6.54. The fraction of sp³-hybridized carbons (Fsp3) is 0.381. The third-order valence-electron chi connectivity index (χ3n) is 6.17. The molecule has 0 saturated carbocycles. The van der Waals surface area contributed by atoms with E-state index in [1.54, 1.807) is 0 Å². The van der Waals surface area contributed by atoms with Crippen molar-refractivity contribution in [2.75, 3.05) is 6.61 Å². The predicted octanol–water partition coefficient (Wildman–Crippen LogP) is -4.15. The number of aliphatic hydroxyl groups is 8. The third kappa shape index (κ3) is 5.11. The fourth-order valence-electron chi connectivity index (χ4n) is 4.06. The molecule has 0 bridgehead atoms. The maximum absolute atomic E-state index is 12.4. The number of rotatable bonds is 8. The Kier molecular flexibility index (Phi) is 8.52. The molecule has 1 aliphatic heterocycles. The van der Waals surface area contributed by atoms with Gasteiger partial charge < -0.3 is 91.3 Å². The topological polar surface area (TPSA) is 371 Å². The van der Waals surface area contributed by atoms with E-state index >= 15 is 0 Å². The van der Waals surface area contributed by atoms with Gasteiger partial charge in [-0.1, -0.05) is 11.6 Å². The molecule has 1 aliphatic rings. The van der Waals surface area contributed by atoms with Crippen LogP contribution in [0.2, 0.25) is 5.02 Å². The molecule has 21 heteroatoms. The van der Waals surface area contributed by atoms with Crippen molar-refractivity contribution in [3.8, 4) is 46.0 Å². The van der Waals surface area contributed by atoms with E-state index in [1.165, 1.54) is 5.48 Å². The van der Waals surface area contributed by atoms with Crippen LogP contribution >= 0.6 is 11.6 Å². The zero-order chi connectivity index (χ0) is 32.3. The van der Waals surface area contributed by atoms with E-state index < -0.39 is 123 Å². The van der Waals surface area contributed by atoms with Crippen molar-refractivity contribution in [1.29, 1.82) is 0 Å². The first-order valence-corrected chi connectivity index (χ1v) is 11.4. The van der Waals surface area contributed by atoms with Crippen LogP contribution in [-0.2, 0) is 15.3 Å². The van der Waals surface area contributed by atoms with Crippen molar-refractivity contribution in [2.45, 2.75) is 42.4 Å². The summed E-state index contributed by atoms with van der Waals surface area (Å²) < 4.78 is 9.39. The molecule has 1 heterocycles. The molecule has 0 aromatic heterocycles. The van der Waals surface area contributed by atoms with Gasteiger partial charge in [0.2, 0.25) is 23.0 Å². The Morgan fingerprint density at radius 1 is 0.810 bits per heavy atom. The number of phenols is 7. The number of benzene rings is 2. The fourth-order valence-corrected chi connectivity index (χ4v) is 4.37. The highest BCUT2D eigenvalue weighted by Crippen LogP contribution is 2.59. The second kappa shape index (κ2) is 10.9. The SMILES string of the molecule is O=C1CC(CO)OC(c2c(O)c(O)c(Cl)c(C(O)(O)c3c(O)c(O)c(OC(O)(O)C(O)(O)O)c(O)c3O)c2O)C1NO. The molecular formula is C21H24ClNO19. The molecule has 42 heavy (non-hydrogen) atoms. The number of ketones is 1. The maximum atomic E-state index is 12.4. The highest BCUT2D eigenvalue weighted by Gasteiger charge is 2.53. The Morgan fingerprint density at radius 3 is 1.79 bits per heavy atom. The van der Waals surface area contributed by atoms with Crippen molar-refractivity contribution in [2.24, 2.45) is 0 Å². The predicted molar refractivity (Wildman–Crippen MR) is 125 cm³/mol. The number of nitrogens with one attached hydrogen (secondary N) is 1. The van der Waals surface area contributed by atoms with Gasteiger partial charge in [-0.2, -0.15) is 5.48 Å². The van der Waals surface area contributed by atoms with E-state index in [1.807, 2.05) is 0 Å². The van der Waals surface area contributed by atoms with Gasteiger partial charge >= 0.3 is 11.9 Å². The number of hydrogen-bond acceptors (Lipinski definition) is 20. The molecule has 20 nitrogen and oxygen atoms in total. The van der Waals surface area contributed by atoms with E-state index in [9.17, 15) is 71.3 Å². The Labute approximate surface area is 236 Å². The van der Waals surface area contributed by atoms with E-state index in [2.05, 4.69) is 4.74 Å². The molecule has 0 aliphatic carbocycles. The van der Waals surface area contributed by atoms with E-state index in [0.717, 1.165) is 0 Å². The van der Waals surface area contributed by atoms with E-state index in [0.29, 0.717) is 0 Å². The lowest BCUT2D eigenvalue weighted by atomic mass is 9.87. The van der Waals surface area contributed by atoms with Crippen LogP contribution in [0.25, 0.3) is 0 Å². The van der Waals surface area contributed by atoms with Gasteiger partial charge in [0.05, 0.1) is 28.9 Å². The van der Waals surface area contributed by atoms with E-state index in [4.69, 9.17) is 31.7 Å². The molecule has 234 valence electrons. The van der Waals surface area contributed by atoms with Crippen LogP contribution in [0.3, 0.4) is 0 Å². The van der Waals surface area contributed by atoms with Crippen LogP contribution in [-0.4, -0.2) is 118 Å². The summed E-state index contributed by atoms with van der Waals surface area (Å²) in [5, 5.41) is 159. The van der Waals surface area contributed by atoms with Crippen molar-refractivity contribution < 1.29 is 96.1 Å². The average Bonchev–Trinajstić information content (AvgIpc) is 2.87. The molecule has 3 unspecified atom stereocenters. The molecule has 1 fully saturated rings. The minimum atomic E-state index is -4.52. The van der Waals surface area contributed by atoms with Crippen molar-refractivity contribution in [3.63, 3.8) is 0 Å². The molecule has 3 atom stereocenters. The Hall–Kier alpha value is -3.64. The highest BCUT2D eigenvalue weighted by molar-refractivity contribution is 6.33. The molecule has 0 spiro atoms. The van der Waals surface area contributed by atoms with Gasteiger partial charge in [-0.3, -0.25) is 4.79 Å². The second-order valence-electron chi connectivity index (χ2n) is 8.90. The first-order valence-electron chi connectivity index (χ1n) is 11.1. The summed E-state index contributed by atoms with van der Waals surface area (Å²) in [6, 6.07) is -1.83. The number of Topliss-reactive ketones (excluding diaryl/α,β-unsaturated/α-hetero) is 1. The number of carbonyl (C=O) groups excluding carboxylic acids is 1. The van der Waals surface area contributed by atoms with Crippen molar-refractivity contribution in [3.05, 3.63) is 21.7 Å². The van der Waals surface area contributed by atoms with Gasteiger partial charge in [0.15, 0.2) is 28.8 Å². The standard InChI is InChI=1S/C21H24ClNO19/c22-8-6(10(26)5(11(27)14(8)30)17-9(23-40)4(25)1-3(2-24)41-17)19(33,34)7-12(28)15(31)18(16(32)13(7)29)42-21(38,39)20(35,36)37/h3,9,17,23-24,26-40H,1-2H2. The van der Waals surface area contributed by atoms with Gasteiger partial charge in [0.1, 0.15) is 23.5 Å². The normalized spacial score (nSPS) is 20.1. The number of phenolic OH excluding ortho intramolecular Hbond substituents is 7. The minimum Gasteiger partial charge on any atom is -0.507 e. The largest absolute Gasteiger partial charge is 0.507 e. The van der Waals surface area contributed by atoms with Gasteiger partial charge in [-0.25, -0.2) is 0 Å². The number of aromatic hydroxyl groups is 7. The van der Waals surface area contributed by atoms with Gasteiger partial charge in [-0.15, -0.1) is 0 Å². The first-order chi connectivity index (χ1) is 19.1. The van der Waals surface area contributed by atoms with Gasteiger partial charge in [-0.05, 0) is 0 Å². The van der Waals surface area contributed by atoms with Crippen LogP contribution < -0.4 is 10.2 Å². The summed E-state index contributed by atoms with van der Waals surface area (Å²) in [5.74, 6) is -27.9. The van der Waals surface area contributed by atoms with Crippen molar-refractivity contribution in [1.82, 2.24) is 5.48 Å². The Balaban J connectivity index is 2.32. The lowest BCUT2D eigenvalue weighted by Crippen LogP contribution is -2.58. The summed E-state index contributed by atoms with van der Waals surface area (Å²) in [6.07, 6.45) is -3.82. The number of carbonyl (C=O) groups is 1. The summed E-state index contributed by atoms with van der Waals surface area (Å²) in [4.78, 5) is 12.4. The molecule has 17 N–H and O–H groups in total. The number of hydroxylamine groups is 1. The molecule has 0 amide bonds. The molecule has 2 aromatic carbocycles. The molecule has 0 radical (unpaired) electrons. The summed E-state index contributed by atoms with van der Waals surface area (Å²) >= 11 is 5.89. The van der Waals surface area contributed by atoms with Crippen LogP contribution in [0.1, 0.15) is 29.2 Å². The zero-order valence-electron chi connectivity index (χ0n) is 20.4. The Bertz CT molecular complexity index is 1370. The van der Waals surface area contributed by atoms with Crippen molar-refractivity contribution >= 4 is 17.4 Å². The average molecular weight is 630 g/mol. The van der Waals surface area contributed by atoms with E-state index in [-0.39, 0.29) is 0 Å². The summed E-state index contributed by atoms with van der Waals surface area (Å²) in [5.41, 5.74) is -2.91. The number of aliphatic hydroxyl groups excluding tert-OH is 1. The van der Waals surface area contributed by atoms with Crippen LogP contribution in [0.15, 0.2) is 0 Å². The maximum Gasteiger partial charge on any atom is 0.409 e. The summed E-state index contributed by atoms with van der Waals surface area (Å²) in [6.45, 7) is -0.806. The quantitative estimate of drug-likeness (QED) is 0.0569. The van der Waals surface area contributed by atoms with Crippen LogP contribution in [0.5, 0.6) is 46.0 Å². The molecule has 1 saturated heterocycles. The van der Waals surface area contributed by atoms with Gasteiger partial charge in [0, 0.05) is 6.42 Å². The van der Waals surface area contributed by atoms with Crippen LogP contribution in [0.4, 0.5) is 0 Å². The zero-order valence-corrected chi connectivity index (χ0v) is 21.2. The molecule has 2 aromatic rings. The monoisotopic (exact) mass is 629 g/mol. The first kappa shape index (κ1) is 32.9. The number of hydrogen-bond donors (Lipinski definition) is 17. The Morgan fingerprint density at radius 2 is 1.33 bits per heavy atom. The minimum absolute atomic E-state index is 0.495. The number of halogens is 1. The highest BCUT2D eigenvalue weighted by atomic mass is 35.5.